The van der Waals surface area contributed by atoms with Crippen LogP contribution in [0.15, 0.2) is 0 Å². The molecule has 3 amide bonds. The lowest BCUT2D eigenvalue weighted by Crippen LogP contribution is -2.48. The van der Waals surface area contributed by atoms with E-state index in [1.54, 1.807) is 0 Å². The highest BCUT2D eigenvalue weighted by Gasteiger charge is 2.33. The predicted molar refractivity (Wildman–Crippen MR) is 71.5 cm³/mol. The first kappa shape index (κ1) is 17.9. The average Bonchev–Trinajstić information content (AvgIpc) is 2.34. The molecule has 0 rings (SSSR count). The Morgan fingerprint density at radius 3 is 2.32 bits per heavy atom. The molecule has 4 N–H and O–H groups in total. The van der Waals surface area contributed by atoms with E-state index in [2.05, 4.69) is 17.9 Å². The summed E-state index contributed by atoms with van der Waals surface area (Å²) >= 11 is 3.88. The smallest absolute Gasteiger partial charge is 0.256 e. The summed E-state index contributed by atoms with van der Waals surface area (Å²) in [6, 6.07) is 0. The Morgan fingerprint density at radius 1 is 1.26 bits per heavy atom. The van der Waals surface area contributed by atoms with Gasteiger partial charge in [-0.15, -0.1) is 0 Å². The van der Waals surface area contributed by atoms with Crippen molar-refractivity contribution in [2.24, 2.45) is 5.41 Å². The molecule has 0 saturated carbocycles. The Kier molecular flexibility index (Phi) is 7.65. The second kappa shape index (κ2) is 8.13. The Hall–Kier alpha value is -1.12. The lowest BCUT2D eigenvalue weighted by Gasteiger charge is -2.26. The summed E-state index contributed by atoms with van der Waals surface area (Å²) in [4.78, 5) is 34.1. The highest BCUT2D eigenvalue weighted by atomic mass is 32.1. The fourth-order valence-electron chi connectivity index (χ4n) is 1.09. The molecule has 8 heteroatoms. The molecule has 0 aliphatic carbocycles. The minimum atomic E-state index is -1.54. The summed E-state index contributed by atoms with van der Waals surface area (Å²) in [7, 11) is 0. The van der Waals surface area contributed by atoms with E-state index in [1.807, 2.05) is 5.32 Å². The van der Waals surface area contributed by atoms with E-state index in [1.165, 1.54) is 13.8 Å². The standard InChI is InChI=1S/C11H20N2O5S/c1-11(2,6-14)9(17)10(18)13-8(16)5-7(15)12-3-4-19/h9,14,17,19H,3-6H2,1-2H3,(H,12,15)(H,13,16,18)/t9-/m0/s1. The maximum atomic E-state index is 11.5. The molecule has 0 spiro atoms. The maximum absolute atomic E-state index is 11.5. The topological polar surface area (TPSA) is 116 Å². The predicted octanol–water partition coefficient (Wildman–Crippen LogP) is -1.56. The van der Waals surface area contributed by atoms with Crippen molar-refractivity contribution >= 4 is 30.4 Å². The second-order valence-electron chi connectivity index (χ2n) is 4.71. The summed E-state index contributed by atoms with van der Waals surface area (Å²) in [5, 5.41) is 23.0. The fourth-order valence-corrected chi connectivity index (χ4v) is 1.21. The number of aliphatic hydroxyl groups excluding tert-OH is 2. The maximum Gasteiger partial charge on any atom is 0.256 e. The molecule has 0 unspecified atom stereocenters. The molecule has 0 saturated heterocycles. The highest BCUT2D eigenvalue weighted by molar-refractivity contribution is 7.80. The molecule has 7 nitrogen and oxygen atoms in total. The molecule has 0 aliphatic rings. The van der Waals surface area contributed by atoms with Crippen molar-refractivity contribution in [2.75, 3.05) is 18.9 Å². The van der Waals surface area contributed by atoms with Crippen LogP contribution in [0.5, 0.6) is 0 Å². The van der Waals surface area contributed by atoms with E-state index in [0.717, 1.165) is 0 Å². The third-order valence-corrected chi connectivity index (χ3v) is 2.64. The first-order valence-electron chi connectivity index (χ1n) is 5.74. The SMILES string of the molecule is CC(C)(CO)[C@@H](O)C(=O)NC(=O)CC(=O)NCCS. The molecular formula is C11H20N2O5S. The molecule has 0 aromatic heterocycles. The van der Waals surface area contributed by atoms with Crippen molar-refractivity contribution in [1.29, 1.82) is 0 Å². The summed E-state index contributed by atoms with van der Waals surface area (Å²) < 4.78 is 0. The van der Waals surface area contributed by atoms with Crippen molar-refractivity contribution in [3.05, 3.63) is 0 Å². The number of carbonyl (C=O) groups is 3. The van der Waals surface area contributed by atoms with Gasteiger partial charge in [0.1, 0.15) is 12.5 Å². The van der Waals surface area contributed by atoms with Crippen LogP contribution in [0.1, 0.15) is 20.3 Å². The lowest BCUT2D eigenvalue weighted by atomic mass is 9.87. The van der Waals surface area contributed by atoms with Gasteiger partial charge in [-0.1, -0.05) is 13.8 Å². The minimum absolute atomic E-state index is 0.323. The Labute approximate surface area is 117 Å². The summed E-state index contributed by atoms with van der Waals surface area (Å²) in [5.41, 5.74) is -1.07. The van der Waals surface area contributed by atoms with E-state index < -0.39 is 42.3 Å². The first-order chi connectivity index (χ1) is 8.74. The van der Waals surface area contributed by atoms with Crippen LogP contribution in [0, 0.1) is 5.41 Å². The van der Waals surface area contributed by atoms with Crippen LogP contribution in [0.25, 0.3) is 0 Å². The van der Waals surface area contributed by atoms with Crippen LogP contribution in [-0.2, 0) is 14.4 Å². The molecule has 0 radical (unpaired) electrons. The van der Waals surface area contributed by atoms with Crippen LogP contribution in [0.2, 0.25) is 0 Å². The van der Waals surface area contributed by atoms with Crippen LogP contribution >= 0.6 is 12.6 Å². The van der Waals surface area contributed by atoms with E-state index in [4.69, 9.17) is 5.11 Å². The highest BCUT2D eigenvalue weighted by Crippen LogP contribution is 2.19. The van der Waals surface area contributed by atoms with Crippen molar-refractivity contribution in [3.63, 3.8) is 0 Å². The van der Waals surface area contributed by atoms with Gasteiger partial charge in [-0.25, -0.2) is 0 Å². The fraction of sp³-hybridized carbons (Fsp3) is 0.727. The summed E-state index contributed by atoms with van der Waals surface area (Å²) in [6.45, 7) is 2.85. The van der Waals surface area contributed by atoms with Gasteiger partial charge in [0, 0.05) is 17.7 Å². The van der Waals surface area contributed by atoms with Gasteiger partial charge in [0.15, 0.2) is 0 Å². The van der Waals surface area contributed by atoms with Gasteiger partial charge in [-0.05, 0) is 0 Å². The Balaban J connectivity index is 4.27. The summed E-state index contributed by atoms with van der Waals surface area (Å²) in [5.74, 6) is -1.84. The molecule has 110 valence electrons. The van der Waals surface area contributed by atoms with Gasteiger partial charge in [0.05, 0.1) is 6.61 Å². The third-order valence-electron chi connectivity index (χ3n) is 2.41. The van der Waals surface area contributed by atoms with Gasteiger partial charge >= 0.3 is 0 Å². The van der Waals surface area contributed by atoms with Crippen LogP contribution in [0.3, 0.4) is 0 Å². The number of hydrogen-bond donors (Lipinski definition) is 5. The average molecular weight is 292 g/mol. The molecular weight excluding hydrogens is 272 g/mol. The number of imide groups is 1. The van der Waals surface area contributed by atoms with E-state index >= 15 is 0 Å². The number of carbonyl (C=O) groups excluding carboxylic acids is 3. The summed E-state index contributed by atoms with van der Waals surface area (Å²) in [6.07, 6.45) is -2.05. The van der Waals surface area contributed by atoms with Crippen LogP contribution < -0.4 is 10.6 Å². The van der Waals surface area contributed by atoms with Crippen molar-refractivity contribution in [3.8, 4) is 0 Å². The zero-order valence-electron chi connectivity index (χ0n) is 11.0. The van der Waals surface area contributed by atoms with Gasteiger partial charge in [0.25, 0.3) is 5.91 Å². The molecule has 0 fully saturated rings. The molecule has 1 atom stereocenters. The van der Waals surface area contributed by atoms with Crippen molar-refractivity contribution in [1.82, 2.24) is 10.6 Å². The van der Waals surface area contributed by atoms with Crippen molar-refractivity contribution < 1.29 is 24.6 Å². The van der Waals surface area contributed by atoms with Gasteiger partial charge in [-0.3, -0.25) is 19.7 Å². The lowest BCUT2D eigenvalue weighted by molar-refractivity contribution is -0.142. The molecule has 0 aliphatic heterocycles. The quantitative estimate of drug-likeness (QED) is 0.288. The van der Waals surface area contributed by atoms with E-state index in [9.17, 15) is 19.5 Å². The Morgan fingerprint density at radius 2 is 1.84 bits per heavy atom. The monoisotopic (exact) mass is 292 g/mol. The molecule has 0 aromatic carbocycles. The minimum Gasteiger partial charge on any atom is -0.396 e. The van der Waals surface area contributed by atoms with Crippen molar-refractivity contribution in [2.45, 2.75) is 26.4 Å². The number of thiol groups is 1. The van der Waals surface area contributed by atoms with Crippen LogP contribution in [-0.4, -0.2) is 52.9 Å². The molecule has 19 heavy (non-hydrogen) atoms. The molecule has 0 bridgehead atoms. The van der Waals surface area contributed by atoms with Crippen LogP contribution in [0.4, 0.5) is 0 Å². The number of amides is 3. The second-order valence-corrected chi connectivity index (χ2v) is 5.16. The van der Waals surface area contributed by atoms with E-state index in [-0.39, 0.29) is 0 Å². The normalized spacial score (nSPS) is 12.7. The number of hydrogen-bond acceptors (Lipinski definition) is 6. The zero-order valence-corrected chi connectivity index (χ0v) is 11.9. The Bertz CT molecular complexity index is 346. The van der Waals surface area contributed by atoms with E-state index in [0.29, 0.717) is 12.3 Å². The number of nitrogens with one attached hydrogen (secondary N) is 2. The van der Waals surface area contributed by atoms with Gasteiger partial charge in [-0.2, -0.15) is 12.6 Å². The molecule has 0 aromatic rings. The number of aliphatic hydroxyl groups is 2. The molecule has 0 heterocycles. The van der Waals surface area contributed by atoms with Gasteiger partial charge < -0.3 is 15.5 Å². The first-order valence-corrected chi connectivity index (χ1v) is 6.38. The van der Waals surface area contributed by atoms with Gasteiger partial charge in [0.2, 0.25) is 11.8 Å². The number of rotatable bonds is 7. The third kappa shape index (κ3) is 6.55. The largest absolute Gasteiger partial charge is 0.396 e. The zero-order chi connectivity index (χ0) is 15.1.